The number of likely N-dealkylation sites (N-methyl/N-ethyl adjacent to an activating group) is 1. The molecule has 3 rings (SSSR count). The van der Waals surface area contributed by atoms with Crippen LogP contribution in [-0.2, 0) is 26.1 Å². The maximum Gasteiger partial charge on any atom is 0.355 e. The average molecular weight is 414 g/mol. The van der Waals surface area contributed by atoms with Crippen molar-refractivity contribution < 1.29 is 23.9 Å². The third-order valence-electron chi connectivity index (χ3n) is 4.81. The van der Waals surface area contributed by atoms with Gasteiger partial charge in [0.25, 0.3) is 5.91 Å². The molecule has 1 saturated heterocycles. The summed E-state index contributed by atoms with van der Waals surface area (Å²) in [6.07, 6.45) is 1.71. The Balaban J connectivity index is 1.43. The minimum absolute atomic E-state index is 0.147. The van der Waals surface area contributed by atoms with Crippen molar-refractivity contribution in [1.29, 1.82) is 0 Å². The Morgan fingerprint density at radius 2 is 1.83 bits per heavy atom. The molecule has 30 heavy (non-hydrogen) atoms. The van der Waals surface area contributed by atoms with Crippen LogP contribution >= 0.6 is 0 Å². The molecule has 0 atom stereocenters. The van der Waals surface area contributed by atoms with Gasteiger partial charge in [0.05, 0.1) is 19.8 Å². The van der Waals surface area contributed by atoms with E-state index in [1.165, 1.54) is 11.9 Å². The van der Waals surface area contributed by atoms with Crippen LogP contribution in [0.3, 0.4) is 0 Å². The summed E-state index contributed by atoms with van der Waals surface area (Å²) in [5, 5.41) is 2.77. The highest BCUT2D eigenvalue weighted by Crippen LogP contribution is 2.19. The Hall–Kier alpha value is -3.33. The second kappa shape index (κ2) is 9.93. The fourth-order valence-electron chi connectivity index (χ4n) is 3.07. The first kappa shape index (κ1) is 21.4. The van der Waals surface area contributed by atoms with Crippen LogP contribution in [0.4, 0.5) is 11.4 Å². The molecule has 160 valence electrons. The largest absolute Gasteiger partial charge is 0.451 e. The van der Waals surface area contributed by atoms with Gasteiger partial charge in [-0.25, -0.2) is 4.79 Å². The maximum atomic E-state index is 12.2. The number of aromatic nitrogens is 1. The van der Waals surface area contributed by atoms with Crippen LogP contribution < -0.4 is 10.2 Å². The Morgan fingerprint density at radius 1 is 1.13 bits per heavy atom. The molecular formula is C21H26N4O5. The monoisotopic (exact) mass is 414 g/mol. The fraction of sp³-hybridized carbons (Fsp3) is 0.381. The molecule has 2 heterocycles. The Kier molecular flexibility index (Phi) is 7.08. The lowest BCUT2D eigenvalue weighted by atomic mass is 10.2. The molecule has 2 amide bonds. The van der Waals surface area contributed by atoms with E-state index in [4.69, 9.17) is 9.47 Å². The molecule has 0 radical (unpaired) electrons. The highest BCUT2D eigenvalue weighted by atomic mass is 16.5. The van der Waals surface area contributed by atoms with Crippen molar-refractivity contribution in [2.45, 2.75) is 0 Å². The molecule has 9 heteroatoms. The molecule has 0 unspecified atom stereocenters. The lowest BCUT2D eigenvalue weighted by Crippen LogP contribution is -2.37. The average Bonchev–Trinajstić information content (AvgIpc) is 3.18. The second-order valence-electron chi connectivity index (χ2n) is 7.02. The summed E-state index contributed by atoms with van der Waals surface area (Å²) < 4.78 is 12.0. The Bertz CT molecular complexity index is 887. The van der Waals surface area contributed by atoms with Gasteiger partial charge >= 0.3 is 5.97 Å². The number of aryl methyl sites for hydroxylation is 1. The number of amides is 2. The number of morpholine rings is 1. The number of nitrogens with zero attached hydrogens (tertiary/aromatic N) is 3. The van der Waals surface area contributed by atoms with Gasteiger partial charge in [-0.2, -0.15) is 0 Å². The van der Waals surface area contributed by atoms with E-state index >= 15 is 0 Å². The van der Waals surface area contributed by atoms with E-state index < -0.39 is 18.5 Å². The van der Waals surface area contributed by atoms with Crippen molar-refractivity contribution in [3.8, 4) is 0 Å². The van der Waals surface area contributed by atoms with Gasteiger partial charge in [-0.05, 0) is 36.4 Å². The van der Waals surface area contributed by atoms with Gasteiger partial charge in [-0.3, -0.25) is 9.59 Å². The van der Waals surface area contributed by atoms with E-state index in [1.807, 2.05) is 24.3 Å². The van der Waals surface area contributed by atoms with E-state index in [0.29, 0.717) is 24.6 Å². The van der Waals surface area contributed by atoms with Crippen molar-refractivity contribution in [2.24, 2.45) is 7.05 Å². The maximum absolute atomic E-state index is 12.2. The number of carbonyl (C=O) groups excluding carboxylic acids is 3. The van der Waals surface area contributed by atoms with Crippen LogP contribution in [0.15, 0.2) is 42.6 Å². The number of benzene rings is 1. The van der Waals surface area contributed by atoms with Crippen molar-refractivity contribution >= 4 is 29.2 Å². The zero-order valence-corrected chi connectivity index (χ0v) is 17.2. The number of rotatable bonds is 7. The number of nitrogens with one attached hydrogen (secondary N) is 1. The molecule has 0 bridgehead atoms. The number of ether oxygens (including phenoxy) is 2. The first-order valence-corrected chi connectivity index (χ1v) is 9.69. The molecule has 1 fully saturated rings. The lowest BCUT2D eigenvalue weighted by Gasteiger charge is -2.28. The standard InChI is InChI=1S/C21H26N4O5/c1-23-9-3-4-18(23)21(28)30-15-20(27)24(2)14-19(26)22-16-5-7-17(8-6-16)25-10-12-29-13-11-25/h3-9H,10-15H2,1-2H3,(H,22,26). The van der Waals surface area contributed by atoms with Gasteiger partial charge in [-0.15, -0.1) is 0 Å². The molecular weight excluding hydrogens is 388 g/mol. The van der Waals surface area contributed by atoms with Crippen LogP contribution in [0.5, 0.6) is 0 Å². The van der Waals surface area contributed by atoms with Crippen molar-refractivity contribution in [1.82, 2.24) is 9.47 Å². The number of hydrogen-bond donors (Lipinski definition) is 1. The normalized spacial score (nSPS) is 13.6. The summed E-state index contributed by atoms with van der Waals surface area (Å²) in [5.74, 6) is -1.39. The summed E-state index contributed by atoms with van der Waals surface area (Å²) in [6, 6.07) is 10.9. The third kappa shape index (κ3) is 5.60. The molecule has 0 saturated carbocycles. The second-order valence-corrected chi connectivity index (χ2v) is 7.02. The van der Waals surface area contributed by atoms with Gasteiger partial charge in [-0.1, -0.05) is 0 Å². The zero-order valence-electron chi connectivity index (χ0n) is 17.2. The van der Waals surface area contributed by atoms with Gasteiger partial charge < -0.3 is 29.2 Å². The van der Waals surface area contributed by atoms with Gasteiger partial charge in [0, 0.05) is 44.8 Å². The van der Waals surface area contributed by atoms with Gasteiger partial charge in [0.2, 0.25) is 5.91 Å². The topological polar surface area (TPSA) is 93.1 Å². The molecule has 1 aliphatic rings. The summed E-state index contributed by atoms with van der Waals surface area (Å²) in [4.78, 5) is 39.8. The van der Waals surface area contributed by atoms with E-state index in [9.17, 15) is 14.4 Å². The molecule has 1 aromatic heterocycles. The summed E-state index contributed by atoms with van der Waals surface area (Å²) in [5.41, 5.74) is 2.07. The van der Waals surface area contributed by atoms with Crippen molar-refractivity contribution in [3.05, 3.63) is 48.3 Å². The number of carbonyl (C=O) groups is 3. The SMILES string of the molecule is CN(CC(=O)Nc1ccc(N2CCOCC2)cc1)C(=O)COC(=O)c1cccn1C. The minimum Gasteiger partial charge on any atom is -0.451 e. The first-order valence-electron chi connectivity index (χ1n) is 9.69. The predicted octanol–water partition coefficient (Wildman–Crippen LogP) is 1.12. The molecule has 2 aromatic rings. The smallest absolute Gasteiger partial charge is 0.355 e. The minimum atomic E-state index is -0.589. The fourth-order valence-corrected chi connectivity index (χ4v) is 3.07. The Morgan fingerprint density at radius 3 is 2.47 bits per heavy atom. The van der Waals surface area contributed by atoms with E-state index in [-0.39, 0.29) is 12.5 Å². The molecule has 1 aromatic carbocycles. The molecule has 1 N–H and O–H groups in total. The molecule has 9 nitrogen and oxygen atoms in total. The van der Waals surface area contributed by atoms with E-state index in [2.05, 4.69) is 10.2 Å². The molecule has 0 spiro atoms. The third-order valence-corrected chi connectivity index (χ3v) is 4.81. The summed E-state index contributed by atoms with van der Waals surface area (Å²) in [6.45, 7) is 2.52. The number of anilines is 2. The Labute approximate surface area is 175 Å². The van der Waals surface area contributed by atoms with Gasteiger partial charge in [0.1, 0.15) is 5.69 Å². The summed E-state index contributed by atoms with van der Waals surface area (Å²) >= 11 is 0. The molecule has 1 aliphatic heterocycles. The number of esters is 1. The van der Waals surface area contributed by atoms with E-state index in [1.54, 1.807) is 29.9 Å². The van der Waals surface area contributed by atoms with E-state index in [0.717, 1.165) is 18.8 Å². The molecule has 0 aliphatic carbocycles. The van der Waals surface area contributed by atoms with Gasteiger partial charge in [0.15, 0.2) is 6.61 Å². The predicted molar refractivity (Wildman–Crippen MR) is 111 cm³/mol. The van der Waals surface area contributed by atoms with Crippen molar-refractivity contribution in [3.63, 3.8) is 0 Å². The summed E-state index contributed by atoms with van der Waals surface area (Å²) in [7, 11) is 3.20. The van der Waals surface area contributed by atoms with Crippen LogP contribution in [-0.4, -0.2) is 73.8 Å². The number of hydrogen-bond acceptors (Lipinski definition) is 6. The highest BCUT2D eigenvalue weighted by molar-refractivity contribution is 5.95. The quantitative estimate of drug-likeness (QED) is 0.683. The first-order chi connectivity index (χ1) is 14.4. The van der Waals surface area contributed by atoms with Crippen molar-refractivity contribution in [2.75, 3.05) is 56.7 Å². The van der Waals surface area contributed by atoms with Crippen LogP contribution in [0, 0.1) is 0 Å². The highest BCUT2D eigenvalue weighted by Gasteiger charge is 2.17. The van der Waals surface area contributed by atoms with Crippen LogP contribution in [0.2, 0.25) is 0 Å². The van der Waals surface area contributed by atoms with Crippen LogP contribution in [0.25, 0.3) is 0 Å². The van der Waals surface area contributed by atoms with Crippen LogP contribution in [0.1, 0.15) is 10.5 Å². The zero-order chi connectivity index (χ0) is 21.5. The lowest BCUT2D eigenvalue weighted by molar-refractivity contribution is -0.136.